The molecule has 1 fully saturated rings. The first-order valence-corrected chi connectivity index (χ1v) is 7.27. The van der Waals surface area contributed by atoms with Crippen molar-refractivity contribution in [1.82, 2.24) is 20.2 Å². The molecule has 3 N–H and O–H groups in total. The highest BCUT2D eigenvalue weighted by atomic mass is 32.2. The number of hydrogen-bond donors (Lipinski definition) is 3. The highest BCUT2D eigenvalue weighted by molar-refractivity contribution is 7.89. The van der Waals surface area contributed by atoms with Crippen LogP contribution in [-0.4, -0.2) is 44.9 Å². The lowest BCUT2D eigenvalue weighted by molar-refractivity contribution is 0.0236. The van der Waals surface area contributed by atoms with Gasteiger partial charge < -0.3 is 10.1 Å². The van der Waals surface area contributed by atoms with Crippen LogP contribution in [0.2, 0.25) is 0 Å². The average Bonchev–Trinajstić information content (AvgIpc) is 2.72. The van der Waals surface area contributed by atoms with Crippen LogP contribution in [0, 0.1) is 0 Å². The van der Waals surface area contributed by atoms with Crippen LogP contribution in [0.25, 0.3) is 0 Å². The molecule has 1 aliphatic carbocycles. The molecular formula is C10H18N4O3S. The van der Waals surface area contributed by atoms with Gasteiger partial charge in [-0.1, -0.05) is 0 Å². The van der Waals surface area contributed by atoms with E-state index in [0.29, 0.717) is 24.9 Å². The maximum absolute atomic E-state index is 12.1. The number of methoxy groups -OCH3 is 1. The van der Waals surface area contributed by atoms with Gasteiger partial charge in [-0.15, -0.1) is 0 Å². The van der Waals surface area contributed by atoms with E-state index < -0.39 is 10.0 Å². The van der Waals surface area contributed by atoms with E-state index in [4.69, 9.17) is 4.74 Å². The van der Waals surface area contributed by atoms with E-state index in [1.807, 2.05) is 0 Å². The minimum atomic E-state index is -3.53. The van der Waals surface area contributed by atoms with Gasteiger partial charge >= 0.3 is 0 Å². The number of aromatic amines is 1. The lowest BCUT2D eigenvalue weighted by Crippen LogP contribution is -2.47. The van der Waals surface area contributed by atoms with Crippen molar-refractivity contribution in [2.45, 2.75) is 36.6 Å². The third-order valence-electron chi connectivity index (χ3n) is 3.06. The lowest BCUT2D eigenvalue weighted by atomic mass is 9.90. The zero-order chi connectivity index (χ0) is 13.2. The van der Waals surface area contributed by atoms with E-state index in [0.717, 1.165) is 0 Å². The molecule has 1 aromatic rings. The molecule has 0 aliphatic heterocycles. The summed E-state index contributed by atoms with van der Waals surface area (Å²) in [6.45, 7) is 0.456. The largest absolute Gasteiger partial charge is 0.381 e. The van der Waals surface area contributed by atoms with Gasteiger partial charge in [0.1, 0.15) is 0 Å². The summed E-state index contributed by atoms with van der Waals surface area (Å²) >= 11 is 0. The van der Waals surface area contributed by atoms with Gasteiger partial charge in [0.25, 0.3) is 10.0 Å². The fourth-order valence-corrected chi connectivity index (χ4v) is 3.37. The van der Waals surface area contributed by atoms with E-state index in [1.165, 1.54) is 6.20 Å². The van der Waals surface area contributed by atoms with Crippen molar-refractivity contribution in [3.05, 3.63) is 11.8 Å². The van der Waals surface area contributed by atoms with E-state index in [9.17, 15) is 8.42 Å². The summed E-state index contributed by atoms with van der Waals surface area (Å²) in [6.07, 6.45) is 3.11. The van der Waals surface area contributed by atoms with Crippen LogP contribution in [0.1, 0.15) is 18.4 Å². The second-order valence-electron chi connectivity index (χ2n) is 4.40. The van der Waals surface area contributed by atoms with Crippen LogP contribution in [-0.2, 0) is 21.3 Å². The smallest absolute Gasteiger partial charge is 0.258 e. The number of ether oxygens (including phenoxy) is 1. The van der Waals surface area contributed by atoms with E-state index in [-0.39, 0.29) is 17.2 Å². The van der Waals surface area contributed by atoms with E-state index in [1.54, 1.807) is 14.2 Å². The van der Waals surface area contributed by atoms with Gasteiger partial charge in [0.15, 0.2) is 5.03 Å². The van der Waals surface area contributed by atoms with Crippen LogP contribution in [0.4, 0.5) is 0 Å². The number of hydrogen-bond acceptors (Lipinski definition) is 5. The van der Waals surface area contributed by atoms with Crippen LogP contribution < -0.4 is 10.0 Å². The van der Waals surface area contributed by atoms with Crippen molar-refractivity contribution >= 4 is 10.0 Å². The summed E-state index contributed by atoms with van der Waals surface area (Å²) in [6, 6.07) is -0.0503. The highest BCUT2D eigenvalue weighted by Gasteiger charge is 2.33. The van der Waals surface area contributed by atoms with Gasteiger partial charge in [0.2, 0.25) is 0 Å². The summed E-state index contributed by atoms with van der Waals surface area (Å²) in [4.78, 5) is 0. The quantitative estimate of drug-likeness (QED) is 0.655. The zero-order valence-electron chi connectivity index (χ0n) is 10.4. The first kappa shape index (κ1) is 13.5. The first-order chi connectivity index (χ1) is 8.56. The summed E-state index contributed by atoms with van der Waals surface area (Å²) in [5.74, 6) is 0. The molecule has 1 saturated carbocycles. The van der Waals surface area contributed by atoms with E-state index in [2.05, 4.69) is 20.2 Å². The number of sulfonamides is 1. The van der Waals surface area contributed by atoms with Gasteiger partial charge in [-0.3, -0.25) is 5.10 Å². The van der Waals surface area contributed by atoms with Crippen molar-refractivity contribution in [3.63, 3.8) is 0 Å². The topological polar surface area (TPSA) is 96.1 Å². The van der Waals surface area contributed by atoms with E-state index >= 15 is 0 Å². The molecule has 1 heterocycles. The molecule has 0 saturated heterocycles. The molecule has 102 valence electrons. The third kappa shape index (κ3) is 2.72. The molecule has 0 amide bonds. The Labute approximate surface area is 106 Å². The summed E-state index contributed by atoms with van der Waals surface area (Å²) in [7, 11) is -0.135. The van der Waals surface area contributed by atoms with Crippen LogP contribution in [0.3, 0.4) is 0 Å². The van der Waals surface area contributed by atoms with Crippen molar-refractivity contribution in [1.29, 1.82) is 0 Å². The molecule has 0 radical (unpaired) electrons. The van der Waals surface area contributed by atoms with Crippen LogP contribution >= 0.6 is 0 Å². The Bertz CT molecular complexity index is 493. The van der Waals surface area contributed by atoms with Gasteiger partial charge in [0.05, 0.1) is 12.3 Å². The summed E-state index contributed by atoms with van der Waals surface area (Å²) < 4.78 is 32.0. The van der Waals surface area contributed by atoms with Crippen LogP contribution in [0.5, 0.6) is 0 Å². The standard InChI is InChI=1S/C10H18N4O3S/c1-11-5-7-6-12-13-10(7)18(15,16)14-8-3-9(4-8)17-2/h6,8-9,11,14H,3-5H2,1-2H3,(H,12,13). The fourth-order valence-electron chi connectivity index (χ4n) is 1.98. The van der Waals surface area contributed by atoms with Gasteiger partial charge in [0, 0.05) is 25.3 Å². The monoisotopic (exact) mass is 274 g/mol. The normalized spacial score (nSPS) is 23.9. The molecular weight excluding hydrogens is 256 g/mol. The molecule has 0 spiro atoms. The zero-order valence-corrected chi connectivity index (χ0v) is 11.3. The Morgan fingerprint density at radius 1 is 1.56 bits per heavy atom. The molecule has 8 heteroatoms. The predicted octanol–water partition coefficient (Wildman–Crippen LogP) is -0.415. The number of aromatic nitrogens is 2. The van der Waals surface area contributed by atoms with Crippen molar-refractivity contribution in [2.75, 3.05) is 14.2 Å². The van der Waals surface area contributed by atoms with Gasteiger partial charge in [-0.2, -0.15) is 5.10 Å². The fraction of sp³-hybridized carbons (Fsp3) is 0.700. The Hall–Kier alpha value is -0.960. The SMILES string of the molecule is CNCc1cn[nH]c1S(=O)(=O)NC1CC(OC)C1. The summed E-state index contributed by atoms with van der Waals surface area (Å²) in [5.41, 5.74) is 0.632. The number of nitrogens with zero attached hydrogens (tertiary/aromatic N) is 1. The molecule has 2 rings (SSSR count). The molecule has 18 heavy (non-hydrogen) atoms. The third-order valence-corrected chi connectivity index (χ3v) is 4.60. The molecule has 1 aliphatic rings. The maximum atomic E-state index is 12.1. The molecule has 0 unspecified atom stereocenters. The average molecular weight is 274 g/mol. The molecule has 0 aromatic carbocycles. The van der Waals surface area contributed by atoms with Gasteiger partial charge in [-0.25, -0.2) is 13.1 Å². The predicted molar refractivity (Wildman–Crippen MR) is 65.5 cm³/mol. The minimum absolute atomic E-state index is 0.0503. The molecule has 1 aromatic heterocycles. The van der Waals surface area contributed by atoms with Crippen molar-refractivity contribution in [2.24, 2.45) is 0 Å². The Balaban J connectivity index is 2.04. The molecule has 0 atom stereocenters. The highest BCUT2D eigenvalue weighted by Crippen LogP contribution is 2.24. The first-order valence-electron chi connectivity index (χ1n) is 5.78. The van der Waals surface area contributed by atoms with Crippen molar-refractivity contribution in [3.8, 4) is 0 Å². The minimum Gasteiger partial charge on any atom is -0.381 e. The number of rotatable bonds is 6. The van der Waals surface area contributed by atoms with Gasteiger partial charge in [-0.05, 0) is 19.9 Å². The van der Waals surface area contributed by atoms with Crippen LogP contribution in [0.15, 0.2) is 11.2 Å². The number of nitrogens with one attached hydrogen (secondary N) is 3. The number of H-pyrrole nitrogens is 1. The van der Waals surface area contributed by atoms with Crippen molar-refractivity contribution < 1.29 is 13.2 Å². The summed E-state index contributed by atoms with van der Waals surface area (Å²) in [5, 5.41) is 9.36. The molecule has 0 bridgehead atoms. The Kier molecular flexibility index (Phi) is 4.00. The Morgan fingerprint density at radius 2 is 2.28 bits per heavy atom. The second-order valence-corrected chi connectivity index (χ2v) is 6.05. The second kappa shape index (κ2) is 5.35. The molecule has 7 nitrogen and oxygen atoms in total. The Morgan fingerprint density at radius 3 is 2.89 bits per heavy atom. The maximum Gasteiger partial charge on any atom is 0.258 e. The lowest BCUT2D eigenvalue weighted by Gasteiger charge is -2.34.